The monoisotopic (exact) mass is 959 g/mol. The summed E-state index contributed by atoms with van der Waals surface area (Å²) in [5.41, 5.74) is 3.42. The molecule has 4 aliphatic heterocycles. The van der Waals surface area contributed by atoms with Crippen molar-refractivity contribution < 1.29 is 32.3 Å². The molecule has 0 radical (unpaired) electrons. The molecule has 4 aliphatic rings. The number of carbonyl (C=O) groups excluding carboxylic acids is 3. The molecule has 366 valence electrons. The number of aromatic nitrogens is 2. The van der Waals surface area contributed by atoms with Crippen molar-refractivity contribution in [2.75, 3.05) is 62.0 Å². The van der Waals surface area contributed by atoms with Crippen LogP contribution in [0.4, 0.5) is 11.4 Å². The van der Waals surface area contributed by atoms with Crippen LogP contribution in [0.2, 0.25) is 0 Å². The van der Waals surface area contributed by atoms with Gasteiger partial charge in [-0.1, -0.05) is 31.2 Å². The van der Waals surface area contributed by atoms with Gasteiger partial charge in [-0.25, -0.2) is 13.2 Å². The SMILES string of the molecule is CCCOc1cccc(Oc2cc3c(cc2NS(=O)(=O)c2cccc(C(=O)N4CCC(CC5CCN(CC6CCN(c7cccc(C8CCC(=O)NC8=O)c7)CC6)CC5)CC4)c2)n(C)c(=O)n3C)c1. The molecule has 4 saturated heterocycles. The van der Waals surface area contributed by atoms with Gasteiger partial charge in [0.1, 0.15) is 11.5 Å². The Morgan fingerprint density at radius 3 is 2.13 bits per heavy atom. The molecular formula is C53H65N7O8S. The smallest absolute Gasteiger partial charge is 0.328 e. The number of anilines is 2. The Kier molecular flexibility index (Phi) is 14.5. The lowest BCUT2D eigenvalue weighted by Gasteiger charge is -2.39. The highest BCUT2D eigenvalue weighted by Crippen LogP contribution is 2.37. The van der Waals surface area contributed by atoms with Crippen LogP contribution in [0.25, 0.3) is 11.0 Å². The topological polar surface area (TPSA) is 165 Å². The Bertz CT molecular complexity index is 2850. The number of nitrogens with zero attached hydrogens (tertiary/aromatic N) is 5. The maximum atomic E-state index is 14.1. The predicted molar refractivity (Wildman–Crippen MR) is 267 cm³/mol. The molecule has 5 aromatic rings. The molecule has 4 aromatic carbocycles. The van der Waals surface area contributed by atoms with Crippen molar-refractivity contribution in [2.45, 2.75) is 81.9 Å². The van der Waals surface area contributed by atoms with Gasteiger partial charge < -0.3 is 24.2 Å². The van der Waals surface area contributed by atoms with E-state index in [0.29, 0.717) is 78.4 Å². The van der Waals surface area contributed by atoms with E-state index in [1.54, 1.807) is 56.6 Å². The zero-order valence-electron chi connectivity index (χ0n) is 40.0. The number of hydrogen-bond donors (Lipinski definition) is 2. The Balaban J connectivity index is 0.750. The summed E-state index contributed by atoms with van der Waals surface area (Å²) in [4.78, 5) is 57.8. The number of piperidine rings is 4. The van der Waals surface area contributed by atoms with Crippen LogP contribution >= 0.6 is 0 Å². The van der Waals surface area contributed by atoms with Crippen molar-refractivity contribution in [1.29, 1.82) is 0 Å². The first-order chi connectivity index (χ1) is 33.3. The number of benzene rings is 4. The fourth-order valence-electron chi connectivity index (χ4n) is 10.8. The minimum absolute atomic E-state index is 0.0580. The molecule has 0 bridgehead atoms. The second kappa shape index (κ2) is 20.8. The third-order valence-electron chi connectivity index (χ3n) is 14.8. The number of amides is 3. The number of nitrogens with one attached hydrogen (secondary N) is 2. The summed E-state index contributed by atoms with van der Waals surface area (Å²) in [6, 6.07) is 24.8. The van der Waals surface area contributed by atoms with Crippen molar-refractivity contribution in [1.82, 2.24) is 24.3 Å². The fraction of sp³-hybridized carbons (Fsp3) is 0.472. The zero-order valence-corrected chi connectivity index (χ0v) is 40.8. The maximum absolute atomic E-state index is 14.1. The predicted octanol–water partition coefficient (Wildman–Crippen LogP) is 7.65. The van der Waals surface area contributed by atoms with E-state index in [1.807, 2.05) is 30.0 Å². The lowest BCUT2D eigenvalue weighted by Crippen LogP contribution is -2.42. The van der Waals surface area contributed by atoms with Gasteiger partial charge in [0.15, 0.2) is 5.75 Å². The van der Waals surface area contributed by atoms with E-state index < -0.39 is 10.0 Å². The van der Waals surface area contributed by atoms with E-state index in [0.717, 1.165) is 76.1 Å². The first kappa shape index (κ1) is 47.9. The molecule has 1 atom stereocenters. The van der Waals surface area contributed by atoms with Gasteiger partial charge in [0.05, 0.1) is 34.1 Å². The second-order valence-electron chi connectivity index (χ2n) is 19.5. The van der Waals surface area contributed by atoms with Gasteiger partial charge in [0.25, 0.3) is 15.9 Å². The number of imide groups is 1. The second-order valence-corrected chi connectivity index (χ2v) is 21.2. The Hall–Kier alpha value is -6.13. The highest BCUT2D eigenvalue weighted by molar-refractivity contribution is 7.92. The number of sulfonamides is 1. The summed E-state index contributed by atoms with van der Waals surface area (Å²) in [7, 11) is -0.941. The largest absolute Gasteiger partial charge is 0.493 e. The van der Waals surface area contributed by atoms with E-state index in [2.05, 4.69) is 32.0 Å². The first-order valence-corrected chi connectivity index (χ1v) is 26.2. The number of likely N-dealkylation sites (tertiary alicyclic amines) is 2. The van der Waals surface area contributed by atoms with E-state index in [4.69, 9.17) is 9.47 Å². The molecule has 15 nitrogen and oxygen atoms in total. The van der Waals surface area contributed by atoms with Gasteiger partial charge in [-0.2, -0.15) is 0 Å². The van der Waals surface area contributed by atoms with E-state index in [-0.39, 0.29) is 45.7 Å². The van der Waals surface area contributed by atoms with Gasteiger partial charge in [-0.3, -0.25) is 33.6 Å². The summed E-state index contributed by atoms with van der Waals surface area (Å²) in [6.07, 6.45) is 9.52. The average Bonchev–Trinajstić information content (AvgIpc) is 3.56. The molecule has 0 aliphatic carbocycles. The van der Waals surface area contributed by atoms with E-state index in [1.165, 1.54) is 40.5 Å². The van der Waals surface area contributed by atoms with Crippen molar-refractivity contribution in [3.63, 3.8) is 0 Å². The normalized spacial score (nSPS) is 19.2. The van der Waals surface area contributed by atoms with Crippen LogP contribution in [0.3, 0.4) is 0 Å². The summed E-state index contributed by atoms with van der Waals surface area (Å²) in [6.45, 7) is 9.23. The van der Waals surface area contributed by atoms with Gasteiger partial charge in [-0.15, -0.1) is 0 Å². The third kappa shape index (κ3) is 11.0. The number of ether oxygens (including phenoxy) is 2. The van der Waals surface area contributed by atoms with Crippen LogP contribution in [-0.2, 0) is 33.7 Å². The van der Waals surface area contributed by atoms with Crippen molar-refractivity contribution in [3.05, 3.63) is 107 Å². The number of fused-ring (bicyclic) bond motifs is 1. The minimum Gasteiger partial charge on any atom is -0.493 e. The van der Waals surface area contributed by atoms with Crippen molar-refractivity contribution in [2.24, 2.45) is 31.8 Å². The quantitative estimate of drug-likeness (QED) is 0.0997. The number of aryl methyl sites for hydroxylation is 2. The van der Waals surface area contributed by atoms with Gasteiger partial charge in [-0.05, 0) is 143 Å². The van der Waals surface area contributed by atoms with Crippen molar-refractivity contribution in [3.8, 4) is 17.2 Å². The molecule has 16 heteroatoms. The first-order valence-electron chi connectivity index (χ1n) is 24.7. The highest BCUT2D eigenvalue weighted by atomic mass is 32.2. The molecular weight excluding hydrogens is 895 g/mol. The third-order valence-corrected chi connectivity index (χ3v) is 16.2. The minimum atomic E-state index is -4.22. The molecule has 3 amide bonds. The van der Waals surface area contributed by atoms with Crippen LogP contribution in [0.5, 0.6) is 17.2 Å². The fourth-order valence-corrected chi connectivity index (χ4v) is 11.9. The average molecular weight is 960 g/mol. The Morgan fingerprint density at radius 2 is 1.41 bits per heavy atom. The Labute approximate surface area is 404 Å². The van der Waals surface area contributed by atoms with Crippen molar-refractivity contribution >= 4 is 50.2 Å². The Morgan fingerprint density at radius 1 is 0.739 bits per heavy atom. The molecule has 2 N–H and O–H groups in total. The highest BCUT2D eigenvalue weighted by Gasteiger charge is 2.32. The molecule has 0 saturated carbocycles. The maximum Gasteiger partial charge on any atom is 0.328 e. The molecule has 5 heterocycles. The van der Waals surface area contributed by atoms with Crippen LogP contribution < -0.4 is 30.1 Å². The number of imidazole rings is 1. The van der Waals surface area contributed by atoms with Crippen LogP contribution in [-0.4, -0.2) is 97.5 Å². The van der Waals surface area contributed by atoms with E-state index >= 15 is 0 Å². The summed E-state index contributed by atoms with van der Waals surface area (Å²) in [5.74, 6) is 2.33. The number of carbonyl (C=O) groups is 3. The molecule has 69 heavy (non-hydrogen) atoms. The van der Waals surface area contributed by atoms with Crippen LogP contribution in [0.1, 0.15) is 93.0 Å². The van der Waals surface area contributed by atoms with Gasteiger partial charge >= 0.3 is 5.69 Å². The summed E-state index contributed by atoms with van der Waals surface area (Å²) >= 11 is 0. The number of rotatable bonds is 15. The summed E-state index contributed by atoms with van der Waals surface area (Å²) in [5, 5.41) is 2.49. The number of hydrogen-bond acceptors (Lipinski definition) is 10. The molecule has 1 aromatic heterocycles. The van der Waals surface area contributed by atoms with Gasteiger partial charge in [0, 0.05) is 76.6 Å². The molecule has 1 unspecified atom stereocenters. The van der Waals surface area contributed by atoms with E-state index in [9.17, 15) is 27.6 Å². The lowest BCUT2D eigenvalue weighted by atomic mass is 9.82. The van der Waals surface area contributed by atoms with Crippen LogP contribution in [0.15, 0.2) is 94.6 Å². The lowest BCUT2D eigenvalue weighted by molar-refractivity contribution is -0.134. The zero-order chi connectivity index (χ0) is 48.2. The standard InChI is InChI=1S/C53H65N7O8S/c1-4-28-67-42-11-7-12-43(32-42)68-49-34-48-47(56(2)53(64)57(48)3)33-46(49)55-69(65,66)44-13-6-9-40(31-44)52(63)60-26-18-37(19-27-60)29-36-16-22-58(23-17-36)35-38-20-24-59(25-21-38)41-10-5-8-39(30-41)45-14-15-50(61)54-51(45)62/h5-13,30-34,36-38,45,55H,4,14-29,35H2,1-3H3,(H,54,61,62). The van der Waals surface area contributed by atoms with Gasteiger partial charge in [0.2, 0.25) is 11.8 Å². The summed E-state index contributed by atoms with van der Waals surface area (Å²) < 4.78 is 45.9. The molecule has 9 rings (SSSR count). The van der Waals surface area contributed by atoms with Crippen LogP contribution in [0, 0.1) is 17.8 Å². The molecule has 4 fully saturated rings. The molecule has 0 spiro atoms.